The summed E-state index contributed by atoms with van der Waals surface area (Å²) in [5, 5.41) is 48.3. The van der Waals surface area contributed by atoms with Crippen LogP contribution < -0.4 is 0 Å². The molecule has 1 saturated heterocycles. The molecule has 25 heavy (non-hydrogen) atoms. The van der Waals surface area contributed by atoms with Crippen molar-refractivity contribution in [2.45, 2.75) is 30.5 Å². The second kappa shape index (κ2) is 7.31. The summed E-state index contributed by atoms with van der Waals surface area (Å²) in [4.78, 5) is 0. The number of nitriles is 1. The number of rotatable bonds is 3. The van der Waals surface area contributed by atoms with Crippen molar-refractivity contribution in [3.8, 4) is 17.2 Å². The molecule has 4 N–H and O–H groups in total. The smallest absolute Gasteiger partial charge is 0.113 e. The zero-order valence-electron chi connectivity index (χ0n) is 13.4. The molecule has 1 aliphatic heterocycles. The highest BCUT2D eigenvalue weighted by molar-refractivity contribution is 5.65. The Morgan fingerprint density at radius 2 is 1.64 bits per heavy atom. The van der Waals surface area contributed by atoms with Gasteiger partial charge >= 0.3 is 0 Å². The normalized spacial score (nSPS) is 29.2. The Morgan fingerprint density at radius 1 is 0.920 bits per heavy atom. The van der Waals surface area contributed by atoms with Gasteiger partial charge in [-0.3, -0.25) is 0 Å². The highest BCUT2D eigenvalue weighted by Crippen LogP contribution is 2.34. The van der Waals surface area contributed by atoms with E-state index in [-0.39, 0.29) is 0 Å². The predicted octanol–water partition coefficient (Wildman–Crippen LogP) is 0.740. The van der Waals surface area contributed by atoms with E-state index in [1.807, 2.05) is 24.3 Å². The summed E-state index contributed by atoms with van der Waals surface area (Å²) in [7, 11) is 0. The van der Waals surface area contributed by atoms with Gasteiger partial charge in [0.15, 0.2) is 0 Å². The third-order valence-corrected chi connectivity index (χ3v) is 4.45. The molecule has 0 aliphatic carbocycles. The van der Waals surface area contributed by atoms with Gasteiger partial charge in [-0.25, -0.2) is 0 Å². The van der Waals surface area contributed by atoms with Gasteiger partial charge in [-0.15, -0.1) is 0 Å². The van der Waals surface area contributed by atoms with Gasteiger partial charge < -0.3 is 25.2 Å². The van der Waals surface area contributed by atoms with E-state index in [4.69, 9.17) is 10.00 Å². The molecule has 0 bridgehead atoms. The van der Waals surface area contributed by atoms with E-state index >= 15 is 0 Å². The maximum absolute atomic E-state index is 10.3. The number of hydrogen-bond donors (Lipinski definition) is 4. The number of aliphatic hydroxyl groups is 4. The van der Waals surface area contributed by atoms with Crippen LogP contribution in [0.3, 0.4) is 0 Å². The van der Waals surface area contributed by atoms with Crippen molar-refractivity contribution in [3.63, 3.8) is 0 Å². The molecule has 0 saturated carbocycles. The third kappa shape index (κ3) is 3.42. The minimum atomic E-state index is -1.41. The van der Waals surface area contributed by atoms with Crippen LogP contribution in [0.1, 0.15) is 17.2 Å². The maximum atomic E-state index is 10.3. The molecule has 1 aliphatic rings. The Morgan fingerprint density at radius 3 is 2.28 bits per heavy atom. The topological polar surface area (TPSA) is 114 Å². The van der Waals surface area contributed by atoms with E-state index in [2.05, 4.69) is 6.07 Å². The molecular weight excluding hydrogens is 322 g/mol. The molecule has 5 atom stereocenters. The maximum Gasteiger partial charge on any atom is 0.113 e. The molecular formula is C19H19NO5. The number of aliphatic hydroxyl groups excluding tert-OH is 4. The Hall–Kier alpha value is -2.27. The van der Waals surface area contributed by atoms with E-state index in [1.165, 1.54) is 0 Å². The van der Waals surface area contributed by atoms with Gasteiger partial charge in [-0.1, -0.05) is 30.3 Å². The largest absolute Gasteiger partial charge is 0.394 e. The van der Waals surface area contributed by atoms with Crippen molar-refractivity contribution in [2.24, 2.45) is 0 Å². The van der Waals surface area contributed by atoms with Crippen LogP contribution in [0.15, 0.2) is 48.5 Å². The van der Waals surface area contributed by atoms with E-state index < -0.39 is 37.1 Å². The lowest BCUT2D eigenvalue weighted by Gasteiger charge is -2.40. The van der Waals surface area contributed by atoms with E-state index in [0.29, 0.717) is 11.1 Å². The lowest BCUT2D eigenvalue weighted by Crippen LogP contribution is -2.55. The van der Waals surface area contributed by atoms with Crippen LogP contribution in [0.25, 0.3) is 11.1 Å². The van der Waals surface area contributed by atoms with Crippen LogP contribution >= 0.6 is 0 Å². The van der Waals surface area contributed by atoms with Gasteiger partial charge in [-0.05, 0) is 34.9 Å². The molecule has 0 unspecified atom stereocenters. The average molecular weight is 341 g/mol. The molecule has 0 radical (unpaired) electrons. The van der Waals surface area contributed by atoms with Crippen molar-refractivity contribution in [3.05, 3.63) is 59.7 Å². The van der Waals surface area contributed by atoms with Gasteiger partial charge in [0.2, 0.25) is 0 Å². The Bertz CT molecular complexity index is 768. The molecule has 1 fully saturated rings. The van der Waals surface area contributed by atoms with Gasteiger partial charge in [-0.2, -0.15) is 5.26 Å². The summed E-state index contributed by atoms with van der Waals surface area (Å²) in [6.07, 6.45) is -5.91. The highest BCUT2D eigenvalue weighted by atomic mass is 16.5. The molecule has 3 rings (SSSR count). The van der Waals surface area contributed by atoms with Gasteiger partial charge in [0.1, 0.15) is 30.5 Å². The summed E-state index contributed by atoms with van der Waals surface area (Å²) in [5.74, 6) is 0. The van der Waals surface area contributed by atoms with Gasteiger partial charge in [0.25, 0.3) is 0 Å². The van der Waals surface area contributed by atoms with E-state index in [9.17, 15) is 20.4 Å². The quantitative estimate of drug-likeness (QED) is 0.655. The Kier molecular flexibility index (Phi) is 5.13. The van der Waals surface area contributed by atoms with E-state index in [1.54, 1.807) is 24.3 Å². The first kappa shape index (κ1) is 17.5. The lowest BCUT2D eigenvalue weighted by atomic mass is 9.90. The summed E-state index contributed by atoms with van der Waals surface area (Å²) < 4.78 is 5.59. The summed E-state index contributed by atoms with van der Waals surface area (Å²) >= 11 is 0. The first-order valence-corrected chi connectivity index (χ1v) is 7.96. The SMILES string of the molecule is N#Cc1ccc(-c2cccc([C@H]3O[C@H](CO)[C@@H](O)[C@H](O)[C@@H]3O)c2)cc1. The average Bonchev–Trinajstić information content (AvgIpc) is 2.66. The van der Waals surface area contributed by atoms with Gasteiger partial charge in [0, 0.05) is 0 Å². The van der Waals surface area contributed by atoms with Crippen LogP contribution in [-0.4, -0.2) is 51.4 Å². The molecule has 2 aromatic rings. The van der Waals surface area contributed by atoms with Crippen LogP contribution in [0.5, 0.6) is 0 Å². The summed E-state index contributed by atoms with van der Waals surface area (Å²) in [6.45, 7) is -0.462. The minimum absolute atomic E-state index is 0.462. The monoisotopic (exact) mass is 341 g/mol. The first-order valence-electron chi connectivity index (χ1n) is 7.96. The number of benzene rings is 2. The van der Waals surface area contributed by atoms with Crippen LogP contribution in [-0.2, 0) is 4.74 Å². The number of hydrogen-bond acceptors (Lipinski definition) is 6. The van der Waals surface area contributed by atoms with Crippen molar-refractivity contribution in [1.82, 2.24) is 0 Å². The lowest BCUT2D eigenvalue weighted by molar-refractivity contribution is -0.231. The number of ether oxygens (including phenoxy) is 1. The fraction of sp³-hybridized carbons (Fsp3) is 0.316. The molecule has 1 heterocycles. The Balaban J connectivity index is 1.91. The molecule has 6 nitrogen and oxygen atoms in total. The molecule has 130 valence electrons. The fourth-order valence-corrected chi connectivity index (χ4v) is 3.01. The zero-order chi connectivity index (χ0) is 18.0. The van der Waals surface area contributed by atoms with Crippen molar-refractivity contribution in [1.29, 1.82) is 5.26 Å². The Labute approximate surface area is 145 Å². The second-order valence-corrected chi connectivity index (χ2v) is 6.06. The van der Waals surface area contributed by atoms with Crippen LogP contribution in [0, 0.1) is 11.3 Å². The third-order valence-electron chi connectivity index (χ3n) is 4.45. The molecule has 0 amide bonds. The van der Waals surface area contributed by atoms with Crippen LogP contribution in [0.4, 0.5) is 0 Å². The highest BCUT2D eigenvalue weighted by Gasteiger charge is 2.43. The summed E-state index contributed by atoms with van der Waals surface area (Å²) in [6, 6.07) is 16.4. The fourth-order valence-electron chi connectivity index (χ4n) is 3.01. The van der Waals surface area contributed by atoms with Crippen molar-refractivity contribution in [2.75, 3.05) is 6.61 Å². The first-order chi connectivity index (χ1) is 12.0. The standard InChI is InChI=1S/C19H19NO5/c20-9-11-4-6-12(7-5-11)13-2-1-3-14(8-13)19-18(24)17(23)16(22)15(10-21)25-19/h1-8,15-19,21-24H,10H2/t15-,16-,17+,18+,19-/m1/s1. The van der Waals surface area contributed by atoms with E-state index in [0.717, 1.165) is 11.1 Å². The number of nitrogens with zero attached hydrogens (tertiary/aromatic N) is 1. The van der Waals surface area contributed by atoms with Gasteiger partial charge in [0.05, 0.1) is 18.2 Å². The second-order valence-electron chi connectivity index (χ2n) is 6.06. The van der Waals surface area contributed by atoms with Crippen molar-refractivity contribution >= 4 is 0 Å². The predicted molar refractivity (Wildman–Crippen MR) is 89.3 cm³/mol. The molecule has 0 aromatic heterocycles. The molecule has 2 aromatic carbocycles. The molecule has 6 heteroatoms. The van der Waals surface area contributed by atoms with Crippen molar-refractivity contribution < 1.29 is 25.2 Å². The zero-order valence-corrected chi connectivity index (χ0v) is 13.4. The summed E-state index contributed by atoms with van der Waals surface area (Å²) in [5.41, 5.74) is 2.94. The van der Waals surface area contributed by atoms with Crippen LogP contribution in [0.2, 0.25) is 0 Å². The molecule has 0 spiro atoms. The minimum Gasteiger partial charge on any atom is -0.394 e.